The standard InChI is InChI=1S/C5H11NO3/c1-3-6(4(2)7)5(8)9/h4,7H,3H2,1-2H3,(H,8,9). The third kappa shape index (κ3) is 2.32. The third-order valence-corrected chi connectivity index (χ3v) is 1.04. The zero-order valence-electron chi connectivity index (χ0n) is 5.53. The van der Waals surface area contributed by atoms with E-state index in [0.29, 0.717) is 6.54 Å². The van der Waals surface area contributed by atoms with Crippen molar-refractivity contribution in [3.63, 3.8) is 0 Å². The van der Waals surface area contributed by atoms with Crippen LogP contribution in [0.2, 0.25) is 0 Å². The van der Waals surface area contributed by atoms with Crippen LogP contribution >= 0.6 is 0 Å². The summed E-state index contributed by atoms with van der Waals surface area (Å²) < 4.78 is 0. The molecule has 0 aromatic rings. The highest BCUT2D eigenvalue weighted by atomic mass is 16.4. The number of rotatable bonds is 2. The Balaban J connectivity index is 3.83. The molecular formula is C5H11NO3. The van der Waals surface area contributed by atoms with Gasteiger partial charge < -0.3 is 10.2 Å². The summed E-state index contributed by atoms with van der Waals surface area (Å²) in [5.41, 5.74) is 0. The van der Waals surface area contributed by atoms with Crippen LogP contribution in [0.4, 0.5) is 4.79 Å². The number of amides is 1. The monoisotopic (exact) mass is 133 g/mol. The molecule has 2 N–H and O–H groups in total. The summed E-state index contributed by atoms with van der Waals surface area (Å²) in [6, 6.07) is 0. The molecule has 0 rings (SSSR count). The maximum absolute atomic E-state index is 10.1. The highest BCUT2D eigenvalue weighted by Gasteiger charge is 2.12. The molecule has 54 valence electrons. The largest absolute Gasteiger partial charge is 0.465 e. The molecule has 0 fully saturated rings. The number of hydrogen-bond donors (Lipinski definition) is 2. The third-order valence-electron chi connectivity index (χ3n) is 1.04. The van der Waals surface area contributed by atoms with E-state index in [1.807, 2.05) is 0 Å². The normalized spacial score (nSPS) is 12.8. The minimum atomic E-state index is -1.09. The fourth-order valence-electron chi connectivity index (χ4n) is 0.559. The van der Waals surface area contributed by atoms with Crippen molar-refractivity contribution in [3.05, 3.63) is 0 Å². The van der Waals surface area contributed by atoms with Gasteiger partial charge in [-0.2, -0.15) is 0 Å². The molecule has 0 heterocycles. The number of aliphatic hydroxyl groups is 1. The molecular weight excluding hydrogens is 122 g/mol. The van der Waals surface area contributed by atoms with Crippen molar-refractivity contribution in [2.75, 3.05) is 6.54 Å². The minimum absolute atomic E-state index is 0.312. The van der Waals surface area contributed by atoms with Gasteiger partial charge in [-0.25, -0.2) is 4.79 Å². The topological polar surface area (TPSA) is 60.8 Å². The number of carbonyl (C=O) groups is 1. The molecule has 0 aliphatic carbocycles. The van der Waals surface area contributed by atoms with Crippen molar-refractivity contribution in [1.29, 1.82) is 0 Å². The molecule has 0 saturated heterocycles. The Labute approximate surface area is 53.7 Å². The van der Waals surface area contributed by atoms with Crippen LogP contribution in [-0.4, -0.2) is 34.0 Å². The number of nitrogens with zero attached hydrogens (tertiary/aromatic N) is 1. The van der Waals surface area contributed by atoms with Crippen LogP contribution in [0.25, 0.3) is 0 Å². The molecule has 0 aliphatic heterocycles. The average Bonchev–Trinajstić information content (AvgIpc) is 1.64. The molecule has 1 unspecified atom stereocenters. The van der Waals surface area contributed by atoms with Gasteiger partial charge in [-0.15, -0.1) is 0 Å². The molecule has 0 radical (unpaired) electrons. The maximum Gasteiger partial charge on any atom is 0.409 e. The van der Waals surface area contributed by atoms with Gasteiger partial charge in [0, 0.05) is 6.54 Å². The molecule has 4 heteroatoms. The lowest BCUT2D eigenvalue weighted by Crippen LogP contribution is -2.36. The van der Waals surface area contributed by atoms with Crippen LogP contribution < -0.4 is 0 Å². The first-order valence-corrected chi connectivity index (χ1v) is 2.77. The van der Waals surface area contributed by atoms with Gasteiger partial charge in [-0.05, 0) is 13.8 Å². The maximum atomic E-state index is 10.1. The summed E-state index contributed by atoms with van der Waals surface area (Å²) in [6.45, 7) is 3.39. The van der Waals surface area contributed by atoms with Crippen LogP contribution in [0.15, 0.2) is 0 Å². The van der Waals surface area contributed by atoms with Crippen molar-refractivity contribution >= 4 is 6.09 Å². The van der Waals surface area contributed by atoms with Gasteiger partial charge in [-0.3, -0.25) is 4.90 Å². The quantitative estimate of drug-likeness (QED) is 0.533. The van der Waals surface area contributed by atoms with E-state index in [1.54, 1.807) is 6.92 Å². The summed E-state index contributed by atoms with van der Waals surface area (Å²) in [6.07, 6.45) is -2.00. The Hall–Kier alpha value is -0.770. The molecule has 0 spiro atoms. The van der Waals surface area contributed by atoms with E-state index in [0.717, 1.165) is 4.90 Å². The summed E-state index contributed by atoms with van der Waals surface area (Å²) in [5, 5.41) is 17.0. The zero-order valence-corrected chi connectivity index (χ0v) is 5.53. The SMILES string of the molecule is CCN(C(=O)O)C(C)O. The lowest BCUT2D eigenvalue weighted by Gasteiger charge is -2.19. The van der Waals surface area contributed by atoms with Crippen LogP contribution in [0.3, 0.4) is 0 Å². The molecule has 0 saturated carbocycles. The van der Waals surface area contributed by atoms with Gasteiger partial charge >= 0.3 is 6.09 Å². The predicted molar refractivity (Wildman–Crippen MR) is 32.1 cm³/mol. The second-order valence-electron chi connectivity index (χ2n) is 1.70. The first kappa shape index (κ1) is 8.23. The Morgan fingerprint density at radius 1 is 1.78 bits per heavy atom. The van der Waals surface area contributed by atoms with Crippen LogP contribution in [0.5, 0.6) is 0 Å². The highest BCUT2D eigenvalue weighted by molar-refractivity contribution is 5.64. The Morgan fingerprint density at radius 2 is 2.22 bits per heavy atom. The minimum Gasteiger partial charge on any atom is -0.465 e. The lowest BCUT2D eigenvalue weighted by molar-refractivity contribution is 0.0283. The van der Waals surface area contributed by atoms with Crippen molar-refractivity contribution in [1.82, 2.24) is 4.90 Å². The molecule has 9 heavy (non-hydrogen) atoms. The average molecular weight is 133 g/mol. The highest BCUT2D eigenvalue weighted by Crippen LogP contribution is 1.93. The summed E-state index contributed by atoms with van der Waals surface area (Å²) in [5.74, 6) is 0. The Morgan fingerprint density at radius 3 is 2.22 bits per heavy atom. The summed E-state index contributed by atoms with van der Waals surface area (Å²) >= 11 is 0. The number of aliphatic hydroxyl groups excluding tert-OH is 1. The van der Waals surface area contributed by atoms with Crippen molar-refractivity contribution in [3.8, 4) is 0 Å². The second-order valence-corrected chi connectivity index (χ2v) is 1.70. The molecule has 0 bridgehead atoms. The van der Waals surface area contributed by atoms with Crippen LogP contribution in [-0.2, 0) is 0 Å². The van der Waals surface area contributed by atoms with E-state index in [1.165, 1.54) is 6.92 Å². The van der Waals surface area contributed by atoms with Crippen molar-refractivity contribution < 1.29 is 15.0 Å². The van der Waals surface area contributed by atoms with Crippen molar-refractivity contribution in [2.24, 2.45) is 0 Å². The van der Waals surface area contributed by atoms with E-state index in [-0.39, 0.29) is 0 Å². The van der Waals surface area contributed by atoms with Gasteiger partial charge in [0.25, 0.3) is 0 Å². The van der Waals surface area contributed by atoms with E-state index >= 15 is 0 Å². The fourth-order valence-corrected chi connectivity index (χ4v) is 0.559. The van der Waals surface area contributed by atoms with E-state index in [2.05, 4.69) is 0 Å². The van der Waals surface area contributed by atoms with Crippen LogP contribution in [0.1, 0.15) is 13.8 Å². The lowest BCUT2D eigenvalue weighted by atomic mass is 10.5. The fraction of sp³-hybridized carbons (Fsp3) is 0.800. The summed E-state index contributed by atoms with van der Waals surface area (Å²) in [7, 11) is 0. The number of carboxylic acid groups (broad SMARTS) is 1. The Bertz CT molecular complexity index is 102. The van der Waals surface area contributed by atoms with Gasteiger partial charge in [0.1, 0.15) is 6.23 Å². The molecule has 0 aromatic carbocycles. The van der Waals surface area contributed by atoms with E-state index in [4.69, 9.17) is 10.2 Å². The van der Waals surface area contributed by atoms with Crippen LogP contribution in [0, 0.1) is 0 Å². The van der Waals surface area contributed by atoms with Gasteiger partial charge in [0.05, 0.1) is 0 Å². The second kappa shape index (κ2) is 3.29. The Kier molecular flexibility index (Phi) is 3.01. The number of hydrogen-bond acceptors (Lipinski definition) is 2. The molecule has 4 nitrogen and oxygen atoms in total. The molecule has 1 amide bonds. The smallest absolute Gasteiger partial charge is 0.409 e. The molecule has 0 aromatic heterocycles. The summed E-state index contributed by atoms with van der Waals surface area (Å²) in [4.78, 5) is 11.1. The van der Waals surface area contributed by atoms with Gasteiger partial charge in [-0.1, -0.05) is 0 Å². The van der Waals surface area contributed by atoms with Crippen molar-refractivity contribution in [2.45, 2.75) is 20.1 Å². The molecule has 0 aliphatic rings. The van der Waals surface area contributed by atoms with Gasteiger partial charge in [0.2, 0.25) is 0 Å². The van der Waals surface area contributed by atoms with E-state index in [9.17, 15) is 4.79 Å². The predicted octanol–water partition coefficient (Wildman–Crippen LogP) is 0.325. The first-order valence-electron chi connectivity index (χ1n) is 2.77. The first-order chi connectivity index (χ1) is 4.09. The zero-order chi connectivity index (χ0) is 7.44. The van der Waals surface area contributed by atoms with E-state index < -0.39 is 12.3 Å². The molecule has 1 atom stereocenters. The van der Waals surface area contributed by atoms with Gasteiger partial charge in [0.15, 0.2) is 0 Å².